The Morgan fingerprint density at radius 1 is 1.25 bits per heavy atom. The smallest absolute Gasteiger partial charge is 0.410 e. The van der Waals surface area contributed by atoms with Gasteiger partial charge in [-0.15, -0.1) is 0 Å². The van der Waals surface area contributed by atoms with E-state index < -0.39 is 5.60 Å². The number of fused-ring (bicyclic) bond motifs is 2. The van der Waals surface area contributed by atoms with Crippen molar-refractivity contribution in [1.82, 2.24) is 14.8 Å². The molecule has 1 aromatic rings. The molecule has 2 aliphatic heterocycles. The van der Waals surface area contributed by atoms with Crippen LogP contribution in [0.25, 0.3) is 0 Å². The quantitative estimate of drug-likeness (QED) is 0.905. The predicted molar refractivity (Wildman–Crippen MR) is 90.8 cm³/mol. The second-order valence-corrected chi connectivity index (χ2v) is 7.91. The van der Waals surface area contributed by atoms with Gasteiger partial charge in [0, 0.05) is 37.6 Å². The highest BCUT2D eigenvalue weighted by Gasteiger charge is 2.46. The summed E-state index contributed by atoms with van der Waals surface area (Å²) in [5.41, 5.74) is 0.202. The third kappa shape index (κ3) is 3.28. The van der Waals surface area contributed by atoms with Crippen molar-refractivity contribution in [3.63, 3.8) is 0 Å². The maximum absolute atomic E-state index is 12.5. The summed E-state index contributed by atoms with van der Waals surface area (Å²) in [6.07, 6.45) is 6.90. The summed E-state index contributed by atoms with van der Waals surface area (Å²) < 4.78 is 5.56. The lowest BCUT2D eigenvalue weighted by molar-refractivity contribution is -0.00111. The van der Waals surface area contributed by atoms with Gasteiger partial charge >= 0.3 is 6.09 Å². The van der Waals surface area contributed by atoms with E-state index >= 15 is 0 Å². The van der Waals surface area contributed by atoms with E-state index in [9.17, 15) is 9.59 Å². The van der Waals surface area contributed by atoms with Crippen molar-refractivity contribution in [3.8, 4) is 0 Å². The highest BCUT2D eigenvalue weighted by atomic mass is 16.6. The van der Waals surface area contributed by atoms with Crippen molar-refractivity contribution in [1.29, 1.82) is 0 Å². The Bertz CT molecular complexity index is 592. The van der Waals surface area contributed by atoms with Gasteiger partial charge in [0.05, 0.1) is 5.56 Å². The number of piperidine rings is 1. The van der Waals surface area contributed by atoms with E-state index in [2.05, 4.69) is 4.98 Å². The van der Waals surface area contributed by atoms with Crippen molar-refractivity contribution >= 4 is 12.0 Å². The predicted octanol–water partition coefficient (Wildman–Crippen LogP) is 3.02. The molecule has 24 heavy (non-hydrogen) atoms. The van der Waals surface area contributed by atoms with Crippen LogP contribution >= 0.6 is 0 Å². The van der Waals surface area contributed by atoms with E-state index in [-0.39, 0.29) is 30.1 Å². The molecule has 1 N–H and O–H groups in total. The second kappa shape index (κ2) is 6.15. The monoisotopic (exact) mass is 333 g/mol. The Balaban J connectivity index is 1.67. The fraction of sp³-hybridized carbons (Fsp3) is 0.667. The van der Waals surface area contributed by atoms with Crippen LogP contribution in [0.2, 0.25) is 0 Å². The van der Waals surface area contributed by atoms with Crippen LogP contribution in [0.1, 0.15) is 56.8 Å². The van der Waals surface area contributed by atoms with Crippen LogP contribution < -0.4 is 0 Å². The van der Waals surface area contributed by atoms with Crippen molar-refractivity contribution in [2.24, 2.45) is 0 Å². The van der Waals surface area contributed by atoms with Crippen molar-refractivity contribution in [3.05, 3.63) is 24.0 Å². The molecule has 1 aromatic heterocycles. The summed E-state index contributed by atoms with van der Waals surface area (Å²) in [5, 5.41) is 0. The first-order valence-electron chi connectivity index (χ1n) is 8.67. The Labute approximate surface area is 143 Å². The summed E-state index contributed by atoms with van der Waals surface area (Å²) in [4.78, 5) is 31.7. The third-order valence-corrected chi connectivity index (χ3v) is 5.03. The van der Waals surface area contributed by atoms with Crippen molar-refractivity contribution in [2.75, 3.05) is 7.05 Å². The van der Waals surface area contributed by atoms with Gasteiger partial charge in [-0.3, -0.25) is 4.79 Å². The zero-order valence-electron chi connectivity index (χ0n) is 14.9. The maximum atomic E-state index is 12.5. The average molecular weight is 333 g/mol. The van der Waals surface area contributed by atoms with Gasteiger partial charge in [-0.25, -0.2) is 4.79 Å². The van der Waals surface area contributed by atoms with Gasteiger partial charge < -0.3 is 19.5 Å². The molecule has 2 fully saturated rings. The number of carbonyl (C=O) groups excluding carboxylic acids is 2. The van der Waals surface area contributed by atoms with Crippen LogP contribution in [0.15, 0.2) is 18.5 Å². The molecule has 2 aliphatic rings. The fourth-order valence-electron chi connectivity index (χ4n) is 3.90. The number of nitrogens with zero attached hydrogens (tertiary/aromatic N) is 2. The molecule has 3 heterocycles. The number of hydrogen-bond donors (Lipinski definition) is 1. The first-order valence-corrected chi connectivity index (χ1v) is 8.67. The summed E-state index contributed by atoms with van der Waals surface area (Å²) in [5.74, 6) is 0.0337. The molecule has 2 amide bonds. The first-order chi connectivity index (χ1) is 11.3. The molecule has 0 radical (unpaired) electrons. The van der Waals surface area contributed by atoms with Crippen LogP contribution in [-0.4, -0.2) is 57.6 Å². The molecule has 2 atom stereocenters. The van der Waals surface area contributed by atoms with Gasteiger partial charge in [0.15, 0.2) is 0 Å². The van der Waals surface area contributed by atoms with Crippen LogP contribution in [0.3, 0.4) is 0 Å². The van der Waals surface area contributed by atoms with E-state index in [4.69, 9.17) is 4.74 Å². The molecule has 2 unspecified atom stereocenters. The summed E-state index contributed by atoms with van der Waals surface area (Å²) in [6.45, 7) is 5.68. The van der Waals surface area contributed by atoms with Gasteiger partial charge in [0.25, 0.3) is 5.91 Å². The highest BCUT2D eigenvalue weighted by molar-refractivity contribution is 5.94. The maximum Gasteiger partial charge on any atom is 0.410 e. The highest BCUT2D eigenvalue weighted by Crippen LogP contribution is 2.38. The SMILES string of the molecule is CN(C(=O)c1cc[nH]c1)C1CC2CCC(C1)N2C(=O)OC(C)(C)C. The lowest BCUT2D eigenvalue weighted by Crippen LogP contribution is -2.53. The molecule has 6 nitrogen and oxygen atoms in total. The number of nitrogens with one attached hydrogen (secondary N) is 1. The zero-order chi connectivity index (χ0) is 17.5. The van der Waals surface area contributed by atoms with Crippen LogP contribution in [0.4, 0.5) is 4.79 Å². The van der Waals surface area contributed by atoms with Gasteiger partial charge in [-0.05, 0) is 52.5 Å². The van der Waals surface area contributed by atoms with Crippen LogP contribution in [0.5, 0.6) is 0 Å². The molecule has 3 rings (SSSR count). The van der Waals surface area contributed by atoms with Gasteiger partial charge in [-0.1, -0.05) is 0 Å². The van der Waals surface area contributed by atoms with E-state index in [0.717, 1.165) is 25.7 Å². The lowest BCUT2D eigenvalue weighted by atomic mass is 9.96. The van der Waals surface area contributed by atoms with Gasteiger partial charge in [-0.2, -0.15) is 0 Å². The summed E-state index contributed by atoms with van der Waals surface area (Å²) in [7, 11) is 1.86. The largest absolute Gasteiger partial charge is 0.444 e. The average Bonchev–Trinajstić information content (AvgIpc) is 3.10. The standard InChI is InChI=1S/C18H27N3O3/c1-18(2,3)24-17(23)21-13-5-6-14(21)10-15(9-13)20(4)16(22)12-7-8-19-11-12/h7-8,11,13-15,19H,5-6,9-10H2,1-4H3. The minimum absolute atomic E-state index is 0.0337. The van der Waals surface area contributed by atoms with Gasteiger partial charge in [0.2, 0.25) is 0 Å². The number of amides is 2. The van der Waals surface area contributed by atoms with E-state index in [0.29, 0.717) is 5.56 Å². The molecule has 2 saturated heterocycles. The minimum atomic E-state index is -0.478. The zero-order valence-corrected chi connectivity index (χ0v) is 14.9. The van der Waals surface area contributed by atoms with Crippen LogP contribution in [-0.2, 0) is 4.74 Å². The van der Waals surface area contributed by atoms with Gasteiger partial charge in [0.1, 0.15) is 5.60 Å². The van der Waals surface area contributed by atoms with E-state index in [1.54, 1.807) is 18.5 Å². The Kier molecular flexibility index (Phi) is 4.32. The Hall–Kier alpha value is -1.98. The molecule has 6 heteroatoms. The summed E-state index contributed by atoms with van der Waals surface area (Å²) in [6, 6.07) is 2.31. The summed E-state index contributed by atoms with van der Waals surface area (Å²) >= 11 is 0. The molecule has 0 aromatic carbocycles. The molecule has 2 bridgehead atoms. The van der Waals surface area contributed by atoms with Crippen molar-refractivity contribution in [2.45, 2.75) is 70.2 Å². The number of rotatable bonds is 2. The fourth-order valence-corrected chi connectivity index (χ4v) is 3.90. The van der Waals surface area contributed by atoms with Crippen LogP contribution in [0, 0.1) is 0 Å². The topological polar surface area (TPSA) is 65.6 Å². The number of hydrogen-bond acceptors (Lipinski definition) is 3. The molecule has 0 saturated carbocycles. The number of carbonyl (C=O) groups is 2. The molecule has 0 spiro atoms. The molecule has 132 valence electrons. The first kappa shape index (κ1) is 16.9. The van der Waals surface area contributed by atoms with E-state index in [1.807, 2.05) is 37.6 Å². The molecule has 0 aliphatic carbocycles. The Morgan fingerprint density at radius 2 is 1.88 bits per heavy atom. The minimum Gasteiger partial charge on any atom is -0.444 e. The number of aromatic amines is 1. The Morgan fingerprint density at radius 3 is 2.38 bits per heavy atom. The van der Waals surface area contributed by atoms with E-state index in [1.165, 1.54) is 0 Å². The second-order valence-electron chi connectivity index (χ2n) is 7.91. The number of H-pyrrole nitrogens is 1. The van der Waals surface area contributed by atoms with Crippen molar-refractivity contribution < 1.29 is 14.3 Å². The number of ether oxygens (including phenoxy) is 1. The normalized spacial score (nSPS) is 26.3. The number of aromatic nitrogens is 1. The molecular formula is C18H27N3O3. The molecular weight excluding hydrogens is 306 g/mol. The third-order valence-electron chi connectivity index (χ3n) is 5.03. The lowest BCUT2D eigenvalue weighted by Gasteiger charge is -2.42.